The summed E-state index contributed by atoms with van der Waals surface area (Å²) >= 11 is 0. The number of anilines is 1. The fourth-order valence-electron chi connectivity index (χ4n) is 2.54. The lowest BCUT2D eigenvalue weighted by Crippen LogP contribution is -2.16. The van der Waals surface area contributed by atoms with Gasteiger partial charge < -0.3 is 0 Å². The van der Waals surface area contributed by atoms with E-state index in [1.165, 1.54) is 24.3 Å². The van der Waals surface area contributed by atoms with Crippen LogP contribution >= 0.6 is 0 Å². The third-order valence-corrected chi connectivity index (χ3v) is 7.15. The van der Waals surface area contributed by atoms with Crippen molar-refractivity contribution in [1.29, 1.82) is 0 Å². The molecule has 0 fully saturated rings. The van der Waals surface area contributed by atoms with Crippen LogP contribution in [0.3, 0.4) is 0 Å². The van der Waals surface area contributed by atoms with Crippen molar-refractivity contribution in [2.45, 2.75) is 22.9 Å². The number of alkyl halides is 3. The van der Waals surface area contributed by atoms with E-state index < -0.39 is 54.0 Å². The Hall–Kier alpha value is -2.93. The van der Waals surface area contributed by atoms with Crippen LogP contribution in [0.2, 0.25) is 0 Å². The third kappa shape index (κ3) is 4.56. The van der Waals surface area contributed by atoms with Crippen LogP contribution in [0.1, 0.15) is 11.1 Å². The molecule has 3 aromatic rings. The molecule has 31 heavy (non-hydrogen) atoms. The SMILES string of the molecule is Cc1ccc(S(=O)(=O)n2ccc(S(=O)(=O)Nc3cc(F)c(C(F)(F)F)cc3F)c2)cc1. The van der Waals surface area contributed by atoms with Gasteiger partial charge in [-0.3, -0.25) is 4.72 Å². The number of hydrogen-bond donors (Lipinski definition) is 1. The number of aryl methyl sites for hydroxylation is 1. The highest BCUT2D eigenvalue weighted by Gasteiger charge is 2.35. The quantitative estimate of drug-likeness (QED) is 0.557. The molecular weight excluding hydrogens is 467 g/mol. The number of nitrogens with zero attached hydrogens (tertiary/aromatic N) is 1. The largest absolute Gasteiger partial charge is 0.419 e. The summed E-state index contributed by atoms with van der Waals surface area (Å²) in [6, 6.07) is 6.46. The van der Waals surface area contributed by atoms with Gasteiger partial charge in [-0.05, 0) is 31.2 Å². The van der Waals surface area contributed by atoms with E-state index in [4.69, 9.17) is 0 Å². The van der Waals surface area contributed by atoms with Gasteiger partial charge in [0.25, 0.3) is 20.0 Å². The lowest BCUT2D eigenvalue weighted by atomic mass is 10.2. The van der Waals surface area contributed by atoms with Crippen LogP contribution in [0.5, 0.6) is 0 Å². The lowest BCUT2D eigenvalue weighted by Gasteiger charge is -2.12. The molecule has 0 unspecified atom stereocenters. The average Bonchev–Trinajstić information content (AvgIpc) is 3.16. The Labute approximate surface area is 174 Å². The van der Waals surface area contributed by atoms with Crippen LogP contribution in [0.25, 0.3) is 0 Å². The second kappa shape index (κ2) is 7.64. The fraction of sp³-hybridized carbons (Fsp3) is 0.111. The second-order valence-corrected chi connectivity index (χ2v) is 9.94. The first-order valence-electron chi connectivity index (χ1n) is 8.31. The summed E-state index contributed by atoms with van der Waals surface area (Å²) < 4.78 is 118. The Kier molecular flexibility index (Phi) is 5.61. The summed E-state index contributed by atoms with van der Waals surface area (Å²) in [6.07, 6.45) is -3.53. The molecule has 0 saturated carbocycles. The third-order valence-electron chi connectivity index (χ3n) is 4.15. The summed E-state index contributed by atoms with van der Waals surface area (Å²) in [4.78, 5) is -0.760. The normalized spacial score (nSPS) is 12.7. The molecule has 0 amide bonds. The van der Waals surface area contributed by atoms with Gasteiger partial charge in [-0.1, -0.05) is 17.7 Å². The average molecular weight is 480 g/mol. The minimum Gasteiger partial charge on any atom is -0.276 e. The van der Waals surface area contributed by atoms with Crippen molar-refractivity contribution in [3.63, 3.8) is 0 Å². The van der Waals surface area contributed by atoms with Crippen LogP contribution in [-0.2, 0) is 26.2 Å². The maximum absolute atomic E-state index is 14.0. The number of hydrogen-bond acceptors (Lipinski definition) is 4. The first-order valence-corrected chi connectivity index (χ1v) is 11.2. The van der Waals surface area contributed by atoms with Gasteiger partial charge in [0.15, 0.2) is 0 Å². The molecule has 0 saturated heterocycles. The minimum absolute atomic E-state index is 0.0513. The summed E-state index contributed by atoms with van der Waals surface area (Å²) in [5.74, 6) is -3.55. The Balaban J connectivity index is 1.94. The van der Waals surface area contributed by atoms with E-state index in [0.717, 1.165) is 24.0 Å². The van der Waals surface area contributed by atoms with Crippen LogP contribution in [0, 0.1) is 18.6 Å². The monoisotopic (exact) mass is 480 g/mol. The molecule has 0 radical (unpaired) electrons. The maximum Gasteiger partial charge on any atom is 0.419 e. The van der Waals surface area contributed by atoms with Crippen LogP contribution < -0.4 is 4.72 Å². The van der Waals surface area contributed by atoms with E-state index in [0.29, 0.717) is 3.97 Å². The van der Waals surface area contributed by atoms with Gasteiger partial charge in [-0.2, -0.15) is 13.2 Å². The van der Waals surface area contributed by atoms with E-state index in [1.54, 1.807) is 11.6 Å². The number of benzene rings is 2. The van der Waals surface area contributed by atoms with Crippen LogP contribution in [0.15, 0.2) is 64.6 Å². The van der Waals surface area contributed by atoms with Gasteiger partial charge in [-0.25, -0.2) is 29.6 Å². The van der Waals surface area contributed by atoms with Gasteiger partial charge in [0.05, 0.1) is 16.1 Å². The molecule has 6 nitrogen and oxygen atoms in total. The van der Waals surface area contributed by atoms with Gasteiger partial charge in [0.2, 0.25) is 0 Å². The zero-order chi connectivity index (χ0) is 23.2. The highest BCUT2D eigenvalue weighted by atomic mass is 32.2. The van der Waals surface area contributed by atoms with E-state index in [9.17, 15) is 38.8 Å². The van der Waals surface area contributed by atoms with Crippen molar-refractivity contribution in [1.82, 2.24) is 3.97 Å². The molecule has 13 heteroatoms. The molecule has 1 N–H and O–H groups in total. The minimum atomic E-state index is -5.18. The highest BCUT2D eigenvalue weighted by molar-refractivity contribution is 7.93. The smallest absolute Gasteiger partial charge is 0.276 e. The number of sulfonamides is 1. The van der Waals surface area contributed by atoms with Crippen molar-refractivity contribution >= 4 is 25.7 Å². The molecule has 0 atom stereocenters. The predicted molar refractivity (Wildman–Crippen MR) is 100 cm³/mol. The fourth-order valence-corrected chi connectivity index (χ4v) is 4.86. The Bertz CT molecular complexity index is 1350. The molecule has 0 bridgehead atoms. The summed E-state index contributed by atoms with van der Waals surface area (Å²) in [5.41, 5.74) is -2.17. The molecule has 0 aliphatic rings. The Morgan fingerprint density at radius 3 is 2.06 bits per heavy atom. The molecule has 3 rings (SSSR count). The van der Waals surface area contributed by atoms with Gasteiger partial charge in [0.1, 0.15) is 16.5 Å². The molecule has 2 aromatic carbocycles. The second-order valence-electron chi connectivity index (χ2n) is 6.41. The molecule has 166 valence electrons. The molecular formula is C18H13F5N2O4S2. The lowest BCUT2D eigenvalue weighted by molar-refractivity contribution is -0.140. The highest BCUT2D eigenvalue weighted by Crippen LogP contribution is 2.34. The van der Waals surface area contributed by atoms with Crippen LogP contribution in [-0.4, -0.2) is 20.8 Å². The van der Waals surface area contributed by atoms with E-state index in [1.807, 2.05) is 0 Å². The standard InChI is InChI=1S/C18H13F5N2O4S2/c1-11-2-4-12(5-3-11)31(28,29)25-7-6-13(10-25)30(26,27)24-17-9-15(19)14(8-16(17)20)18(21,22)23/h2-10,24H,1H3. The maximum atomic E-state index is 14.0. The first kappa shape index (κ1) is 22.7. The number of halogens is 5. The summed E-state index contributed by atoms with van der Waals surface area (Å²) in [5, 5.41) is 0. The van der Waals surface area contributed by atoms with Crippen molar-refractivity contribution in [2.24, 2.45) is 0 Å². The van der Waals surface area contributed by atoms with Gasteiger partial charge in [-0.15, -0.1) is 0 Å². The summed E-state index contributed by atoms with van der Waals surface area (Å²) in [6.45, 7) is 1.74. The van der Waals surface area contributed by atoms with Crippen molar-refractivity contribution < 1.29 is 38.8 Å². The first-order chi connectivity index (χ1) is 14.2. The Morgan fingerprint density at radius 1 is 0.871 bits per heavy atom. The van der Waals surface area contributed by atoms with E-state index in [2.05, 4.69) is 0 Å². The molecule has 0 spiro atoms. The molecule has 1 aromatic heterocycles. The summed E-state index contributed by atoms with van der Waals surface area (Å²) in [7, 11) is -8.79. The number of nitrogens with one attached hydrogen (secondary N) is 1. The van der Waals surface area contributed by atoms with E-state index in [-0.39, 0.29) is 17.0 Å². The molecule has 0 aliphatic heterocycles. The van der Waals surface area contributed by atoms with Crippen LogP contribution in [0.4, 0.5) is 27.6 Å². The number of rotatable bonds is 5. The zero-order valence-electron chi connectivity index (χ0n) is 15.5. The van der Waals surface area contributed by atoms with Crippen molar-refractivity contribution in [3.8, 4) is 0 Å². The molecule has 1 heterocycles. The molecule has 0 aliphatic carbocycles. The van der Waals surface area contributed by atoms with Crippen molar-refractivity contribution in [2.75, 3.05) is 4.72 Å². The topological polar surface area (TPSA) is 85.2 Å². The number of aromatic nitrogens is 1. The van der Waals surface area contributed by atoms with Crippen molar-refractivity contribution in [3.05, 3.63) is 77.6 Å². The van der Waals surface area contributed by atoms with Gasteiger partial charge in [0, 0.05) is 18.5 Å². The Morgan fingerprint density at radius 2 is 1.48 bits per heavy atom. The van der Waals surface area contributed by atoms with E-state index >= 15 is 0 Å². The predicted octanol–water partition coefficient (Wildman–Crippen LogP) is 4.13. The van der Waals surface area contributed by atoms with Gasteiger partial charge >= 0.3 is 6.18 Å². The zero-order valence-corrected chi connectivity index (χ0v) is 17.1.